The molecule has 26 heavy (non-hydrogen) atoms. The van der Waals surface area contributed by atoms with Crippen LogP contribution in [0.4, 0.5) is 10.3 Å². The first-order chi connectivity index (χ1) is 12.4. The van der Waals surface area contributed by atoms with E-state index in [-0.39, 0.29) is 24.8 Å². The van der Waals surface area contributed by atoms with Gasteiger partial charge in [0.2, 0.25) is 5.88 Å². The number of carbonyl (C=O) groups is 1. The van der Waals surface area contributed by atoms with Crippen molar-refractivity contribution in [2.24, 2.45) is 4.99 Å². The lowest BCUT2D eigenvalue weighted by molar-refractivity contribution is 0.0826. The van der Waals surface area contributed by atoms with Gasteiger partial charge in [-0.2, -0.15) is 0 Å². The Kier molecular flexibility index (Phi) is 8.94. The number of rotatable bonds is 10. The fourth-order valence-electron chi connectivity index (χ4n) is 2.12. The molecule has 0 aliphatic carbocycles. The number of hydrogen-bond donors (Lipinski definition) is 1. The van der Waals surface area contributed by atoms with Crippen LogP contribution in [0.3, 0.4) is 0 Å². The number of nitrogens with zero attached hydrogens (tertiary/aromatic N) is 1. The van der Waals surface area contributed by atoms with Crippen LogP contribution in [0.15, 0.2) is 56.5 Å². The summed E-state index contributed by atoms with van der Waals surface area (Å²) >= 11 is 0. The lowest BCUT2D eigenvalue weighted by Gasteiger charge is -2.11. The normalized spacial score (nSPS) is 12.0. The monoisotopic (exact) mass is 362 g/mol. The fourth-order valence-corrected chi connectivity index (χ4v) is 2.12. The van der Waals surface area contributed by atoms with Crippen molar-refractivity contribution in [1.82, 2.24) is 5.32 Å². The number of ether oxygens (including phenoxy) is 1. The predicted molar refractivity (Wildman–Crippen MR) is 99.6 cm³/mol. The van der Waals surface area contributed by atoms with Crippen molar-refractivity contribution in [3.8, 4) is 0 Å². The molecule has 1 heterocycles. The van der Waals surface area contributed by atoms with Crippen molar-refractivity contribution in [2.45, 2.75) is 26.7 Å². The molecule has 1 rings (SSSR count). The Hall–Kier alpha value is -2.80. The maximum atomic E-state index is 13.6. The summed E-state index contributed by atoms with van der Waals surface area (Å²) in [7, 11) is 0. The largest absolute Gasteiger partial charge is 0.403 e. The third-order valence-electron chi connectivity index (χ3n) is 3.35. The number of aryl methyl sites for hydroxylation is 1. The number of allylic oxidation sites excluding steroid dienone is 4. The maximum Gasteiger partial charge on any atom is 0.337 e. The standard InChI is InChI=1S/C19H23FN2O4/c1-5-7-9-15(20)13(3)11-25-12-22-18(24)17-14(8-6-2)10-16(23)26-19(17)21-4/h5,7,9-10H,1,4,6,8,11-12H2,2-3H3,(H,22,24)/b9-7-,15-13-. The molecule has 1 N–H and O–H groups in total. The topological polar surface area (TPSA) is 80.9 Å². The number of nitrogens with one attached hydrogen (secondary N) is 1. The summed E-state index contributed by atoms with van der Waals surface area (Å²) in [5.41, 5.74) is 0.466. The van der Waals surface area contributed by atoms with Crippen LogP contribution in [0.1, 0.15) is 36.2 Å². The molecule has 0 atom stereocenters. The van der Waals surface area contributed by atoms with Crippen LogP contribution in [-0.2, 0) is 11.2 Å². The molecule has 1 aromatic heterocycles. The van der Waals surface area contributed by atoms with Crippen molar-refractivity contribution in [3.05, 3.63) is 63.8 Å². The molecule has 0 unspecified atom stereocenters. The molecule has 1 amide bonds. The molecule has 0 fully saturated rings. The molecule has 140 valence electrons. The average Bonchev–Trinajstić information content (AvgIpc) is 2.62. The number of carbonyl (C=O) groups excluding carboxylic acids is 1. The molecule has 7 heteroatoms. The third kappa shape index (κ3) is 6.25. The van der Waals surface area contributed by atoms with Crippen molar-refractivity contribution < 1.29 is 18.3 Å². The summed E-state index contributed by atoms with van der Waals surface area (Å²) in [6, 6.07) is 1.27. The van der Waals surface area contributed by atoms with Gasteiger partial charge < -0.3 is 14.5 Å². The lowest BCUT2D eigenvalue weighted by Crippen LogP contribution is -2.28. The zero-order valence-electron chi connectivity index (χ0n) is 15.0. The second-order valence-electron chi connectivity index (χ2n) is 5.40. The number of aliphatic imine (C=N–C) groups is 1. The number of amides is 1. The molecule has 6 nitrogen and oxygen atoms in total. The summed E-state index contributed by atoms with van der Waals surface area (Å²) in [6.45, 7) is 10.1. The van der Waals surface area contributed by atoms with Crippen LogP contribution in [0, 0.1) is 0 Å². The summed E-state index contributed by atoms with van der Waals surface area (Å²) in [4.78, 5) is 27.5. The Bertz CT molecular complexity index is 778. The second kappa shape index (κ2) is 10.9. The Morgan fingerprint density at radius 3 is 2.85 bits per heavy atom. The highest BCUT2D eigenvalue weighted by molar-refractivity contribution is 5.99. The van der Waals surface area contributed by atoms with E-state index in [1.165, 1.54) is 24.3 Å². The summed E-state index contributed by atoms with van der Waals surface area (Å²) in [5, 5.41) is 2.54. The first-order valence-corrected chi connectivity index (χ1v) is 8.08. The molecule has 0 aromatic carbocycles. The van der Waals surface area contributed by atoms with Crippen LogP contribution in [0.5, 0.6) is 0 Å². The van der Waals surface area contributed by atoms with Crippen molar-refractivity contribution in [3.63, 3.8) is 0 Å². The van der Waals surface area contributed by atoms with Gasteiger partial charge in [-0.25, -0.2) is 14.2 Å². The number of hydrogen-bond acceptors (Lipinski definition) is 5. The van der Waals surface area contributed by atoms with Gasteiger partial charge in [0, 0.05) is 6.07 Å². The van der Waals surface area contributed by atoms with E-state index in [2.05, 4.69) is 23.6 Å². The predicted octanol–water partition coefficient (Wildman–Crippen LogP) is 3.61. The molecular formula is C19H23FN2O4. The van der Waals surface area contributed by atoms with Gasteiger partial charge >= 0.3 is 5.63 Å². The van der Waals surface area contributed by atoms with Gasteiger partial charge in [0.05, 0.1) is 6.61 Å². The van der Waals surface area contributed by atoms with E-state index in [9.17, 15) is 14.0 Å². The fraction of sp³-hybridized carbons (Fsp3) is 0.316. The molecule has 0 radical (unpaired) electrons. The molecule has 1 aromatic rings. The zero-order valence-corrected chi connectivity index (χ0v) is 15.0. The first kappa shape index (κ1) is 21.2. The van der Waals surface area contributed by atoms with Gasteiger partial charge in [-0.1, -0.05) is 32.1 Å². The Morgan fingerprint density at radius 2 is 2.23 bits per heavy atom. The molecule has 0 aliphatic heterocycles. The molecule has 0 saturated heterocycles. The SMILES string of the molecule is C=C/C=C\C(F)=C(/C)COCNC(=O)c1c(CCC)cc(=O)oc1N=C. The van der Waals surface area contributed by atoms with Crippen LogP contribution in [-0.4, -0.2) is 26.0 Å². The van der Waals surface area contributed by atoms with Crippen LogP contribution >= 0.6 is 0 Å². The van der Waals surface area contributed by atoms with Crippen LogP contribution in [0.25, 0.3) is 0 Å². The molecule has 0 bridgehead atoms. The molecule has 0 aliphatic rings. The van der Waals surface area contributed by atoms with Gasteiger partial charge in [-0.05, 0) is 37.3 Å². The van der Waals surface area contributed by atoms with Gasteiger partial charge in [0.15, 0.2) is 0 Å². The Morgan fingerprint density at radius 1 is 1.50 bits per heavy atom. The van der Waals surface area contributed by atoms with Crippen molar-refractivity contribution in [2.75, 3.05) is 13.3 Å². The smallest absolute Gasteiger partial charge is 0.337 e. The summed E-state index contributed by atoms with van der Waals surface area (Å²) < 4.78 is 23.8. The maximum absolute atomic E-state index is 13.6. The van der Waals surface area contributed by atoms with Gasteiger partial charge in [-0.3, -0.25) is 4.79 Å². The summed E-state index contributed by atoms with van der Waals surface area (Å²) in [6.07, 6.45) is 5.46. The van der Waals surface area contributed by atoms with Crippen LogP contribution < -0.4 is 10.9 Å². The molecule has 0 saturated carbocycles. The zero-order chi connectivity index (χ0) is 19.5. The van der Waals surface area contributed by atoms with Gasteiger partial charge in [0.25, 0.3) is 5.91 Å². The molecular weight excluding hydrogens is 339 g/mol. The van der Waals surface area contributed by atoms with E-state index in [1.54, 1.807) is 6.92 Å². The minimum atomic E-state index is -0.590. The number of halogens is 1. The lowest BCUT2D eigenvalue weighted by atomic mass is 10.0. The second-order valence-corrected chi connectivity index (χ2v) is 5.40. The van der Waals surface area contributed by atoms with Gasteiger partial charge in [-0.15, -0.1) is 0 Å². The summed E-state index contributed by atoms with van der Waals surface area (Å²) in [5.74, 6) is -1.06. The molecule has 0 spiro atoms. The highest BCUT2D eigenvalue weighted by atomic mass is 19.1. The van der Waals surface area contributed by atoms with Crippen molar-refractivity contribution in [1.29, 1.82) is 0 Å². The van der Waals surface area contributed by atoms with Crippen LogP contribution in [0.2, 0.25) is 0 Å². The highest BCUT2D eigenvalue weighted by Crippen LogP contribution is 2.21. The van der Waals surface area contributed by atoms with E-state index < -0.39 is 17.4 Å². The average molecular weight is 362 g/mol. The quantitative estimate of drug-likeness (QED) is 0.298. The minimum Gasteiger partial charge on any atom is -0.403 e. The van der Waals surface area contributed by atoms with E-state index in [0.29, 0.717) is 17.6 Å². The Labute approximate surface area is 151 Å². The van der Waals surface area contributed by atoms with Crippen molar-refractivity contribution >= 4 is 18.5 Å². The minimum absolute atomic E-state index is 0.00581. The highest BCUT2D eigenvalue weighted by Gasteiger charge is 2.19. The third-order valence-corrected chi connectivity index (χ3v) is 3.35. The van der Waals surface area contributed by atoms with E-state index >= 15 is 0 Å². The van der Waals surface area contributed by atoms with E-state index in [4.69, 9.17) is 9.15 Å². The van der Waals surface area contributed by atoms with E-state index in [0.717, 1.165) is 6.42 Å². The van der Waals surface area contributed by atoms with E-state index in [1.807, 2.05) is 6.92 Å². The van der Waals surface area contributed by atoms with Gasteiger partial charge in [0.1, 0.15) is 18.1 Å². The first-order valence-electron chi connectivity index (χ1n) is 8.08. The Balaban J connectivity index is 2.77.